The summed E-state index contributed by atoms with van der Waals surface area (Å²) in [6, 6.07) is 5.19. The van der Waals surface area contributed by atoms with Gasteiger partial charge in [0.1, 0.15) is 0 Å². The summed E-state index contributed by atoms with van der Waals surface area (Å²) >= 11 is 0. The molecule has 1 rings (SSSR count). The summed E-state index contributed by atoms with van der Waals surface area (Å²) in [7, 11) is 1.37. The molecular weight excluding hydrogens is 304 g/mol. The summed E-state index contributed by atoms with van der Waals surface area (Å²) in [5, 5.41) is 2.84. The molecule has 0 aromatic heterocycles. The number of hydrogen-bond acceptors (Lipinski definition) is 4. The predicted molar refractivity (Wildman–Crippen MR) is 91.0 cm³/mol. The van der Waals surface area contributed by atoms with Gasteiger partial charge >= 0.3 is 5.97 Å². The second-order valence-electron chi connectivity index (χ2n) is 4.64. The van der Waals surface area contributed by atoms with Crippen molar-refractivity contribution < 1.29 is 14.3 Å². The number of nitrogens with one attached hydrogen (secondary N) is 1. The molecule has 0 spiro atoms. The molecule has 0 saturated carbocycles. The summed E-state index contributed by atoms with van der Waals surface area (Å²) in [4.78, 5) is 23.1. The topological polar surface area (TPSA) is 81.4 Å². The van der Waals surface area contributed by atoms with Gasteiger partial charge in [-0.2, -0.15) is 0 Å². The molecule has 3 N–H and O–H groups in total. The van der Waals surface area contributed by atoms with Crippen LogP contribution in [0.4, 0.5) is 5.69 Å². The second kappa shape index (κ2) is 10.7. The van der Waals surface area contributed by atoms with Crippen LogP contribution in [-0.2, 0) is 9.53 Å². The lowest BCUT2D eigenvalue weighted by Gasteiger charge is -2.08. The van der Waals surface area contributed by atoms with E-state index in [1.165, 1.54) is 7.11 Å². The fourth-order valence-electron chi connectivity index (χ4n) is 1.90. The number of carbonyl (C=O) groups is 2. The van der Waals surface area contributed by atoms with Crippen molar-refractivity contribution >= 4 is 36.0 Å². The van der Waals surface area contributed by atoms with Gasteiger partial charge in [0.2, 0.25) is 0 Å². The number of nitrogen functional groups attached to an aromatic ring is 1. The fourth-order valence-corrected chi connectivity index (χ4v) is 1.90. The minimum atomic E-state index is -0.227. The van der Waals surface area contributed by atoms with Crippen LogP contribution in [0.1, 0.15) is 42.1 Å². The lowest BCUT2D eigenvalue weighted by Crippen LogP contribution is -2.25. The molecule has 1 aromatic rings. The third-order valence-corrected chi connectivity index (χ3v) is 2.99. The van der Waals surface area contributed by atoms with E-state index < -0.39 is 0 Å². The van der Waals surface area contributed by atoms with Gasteiger partial charge in [-0.25, -0.2) is 0 Å². The highest BCUT2D eigenvalue weighted by atomic mass is 35.5. The zero-order valence-corrected chi connectivity index (χ0v) is 13.7. The van der Waals surface area contributed by atoms with E-state index in [4.69, 9.17) is 5.73 Å². The maximum Gasteiger partial charge on any atom is 0.305 e. The molecule has 0 unspecified atom stereocenters. The smallest absolute Gasteiger partial charge is 0.305 e. The predicted octanol–water partition coefficient (Wildman–Crippen LogP) is 2.80. The quantitative estimate of drug-likeness (QED) is 0.458. The number of rotatable bonds is 7. The Hall–Kier alpha value is -2.01. The van der Waals surface area contributed by atoms with Crippen molar-refractivity contribution in [3.63, 3.8) is 0 Å². The number of allylic oxidation sites excluding steroid dienone is 1. The maximum absolute atomic E-state index is 12.1. The van der Waals surface area contributed by atoms with Gasteiger partial charge in [0, 0.05) is 24.2 Å². The third kappa shape index (κ3) is 6.63. The fraction of sp³-hybridized carbons (Fsp3) is 0.375. The SMILES string of the molecule is C/C=C/c1cc(N)ccc1C(=O)NCCCCC(=O)OC.Cl. The Kier molecular flexibility index (Phi) is 9.70. The van der Waals surface area contributed by atoms with Crippen LogP contribution in [0.2, 0.25) is 0 Å². The van der Waals surface area contributed by atoms with Crippen molar-refractivity contribution in [2.45, 2.75) is 26.2 Å². The van der Waals surface area contributed by atoms with Crippen molar-refractivity contribution in [2.75, 3.05) is 19.4 Å². The first kappa shape index (κ1) is 20.0. The number of hydrogen-bond donors (Lipinski definition) is 2. The third-order valence-electron chi connectivity index (χ3n) is 2.99. The van der Waals surface area contributed by atoms with Crippen molar-refractivity contribution in [3.8, 4) is 0 Å². The summed E-state index contributed by atoms with van der Waals surface area (Å²) < 4.78 is 4.56. The Balaban J connectivity index is 0.00000441. The first-order valence-electron chi connectivity index (χ1n) is 6.95. The van der Waals surface area contributed by atoms with Crippen LogP contribution in [0.25, 0.3) is 6.08 Å². The molecule has 6 heteroatoms. The van der Waals surface area contributed by atoms with Crippen LogP contribution in [0, 0.1) is 0 Å². The van der Waals surface area contributed by atoms with Crippen LogP contribution in [-0.4, -0.2) is 25.5 Å². The average molecular weight is 327 g/mol. The molecule has 0 aliphatic carbocycles. The number of esters is 1. The van der Waals surface area contributed by atoms with Gasteiger partial charge in [-0.3, -0.25) is 9.59 Å². The number of nitrogens with two attached hydrogens (primary N) is 1. The molecule has 0 atom stereocenters. The van der Waals surface area contributed by atoms with Crippen molar-refractivity contribution in [3.05, 3.63) is 35.4 Å². The van der Waals surface area contributed by atoms with Gasteiger partial charge in [-0.1, -0.05) is 12.2 Å². The summed E-state index contributed by atoms with van der Waals surface area (Å²) in [5.74, 6) is -0.364. The van der Waals surface area contributed by atoms with E-state index in [0.717, 1.165) is 12.0 Å². The minimum absolute atomic E-state index is 0. The molecule has 0 fully saturated rings. The lowest BCUT2D eigenvalue weighted by atomic mass is 10.1. The van der Waals surface area contributed by atoms with Gasteiger partial charge in [-0.05, 0) is 43.5 Å². The van der Waals surface area contributed by atoms with Crippen molar-refractivity contribution in [1.82, 2.24) is 5.32 Å². The lowest BCUT2D eigenvalue weighted by molar-refractivity contribution is -0.140. The van der Waals surface area contributed by atoms with E-state index in [-0.39, 0.29) is 24.3 Å². The zero-order valence-electron chi connectivity index (χ0n) is 12.9. The highest BCUT2D eigenvalue weighted by Crippen LogP contribution is 2.15. The van der Waals surface area contributed by atoms with E-state index in [2.05, 4.69) is 10.1 Å². The minimum Gasteiger partial charge on any atom is -0.469 e. The Morgan fingerprint density at radius 2 is 2.05 bits per heavy atom. The molecule has 1 amide bonds. The molecule has 122 valence electrons. The van der Waals surface area contributed by atoms with Gasteiger partial charge in [0.25, 0.3) is 5.91 Å². The molecule has 0 bridgehead atoms. The first-order valence-corrected chi connectivity index (χ1v) is 6.95. The van der Waals surface area contributed by atoms with Crippen LogP contribution in [0.3, 0.4) is 0 Å². The summed E-state index contributed by atoms with van der Waals surface area (Å²) in [6.45, 7) is 2.41. The van der Waals surface area contributed by atoms with E-state index in [9.17, 15) is 9.59 Å². The van der Waals surface area contributed by atoms with Gasteiger partial charge in [-0.15, -0.1) is 12.4 Å². The Labute approximate surface area is 137 Å². The van der Waals surface area contributed by atoms with E-state index >= 15 is 0 Å². The standard InChI is InChI=1S/C16H22N2O3.ClH/c1-3-6-12-11-13(17)8-9-14(12)16(20)18-10-5-4-7-15(19)21-2;/h3,6,8-9,11H,4-5,7,10,17H2,1-2H3,(H,18,20);1H/b6-3+;. The summed E-state index contributed by atoms with van der Waals surface area (Å²) in [5.41, 5.74) is 7.74. The number of amides is 1. The molecule has 0 radical (unpaired) electrons. The van der Waals surface area contributed by atoms with E-state index in [1.54, 1.807) is 18.2 Å². The van der Waals surface area contributed by atoms with Crippen LogP contribution in [0.15, 0.2) is 24.3 Å². The Morgan fingerprint density at radius 3 is 2.68 bits per heavy atom. The monoisotopic (exact) mass is 326 g/mol. The highest BCUT2D eigenvalue weighted by molar-refractivity contribution is 5.98. The number of halogens is 1. The average Bonchev–Trinajstić information content (AvgIpc) is 2.47. The number of unbranched alkanes of at least 4 members (excludes halogenated alkanes) is 1. The zero-order chi connectivity index (χ0) is 15.7. The highest BCUT2D eigenvalue weighted by Gasteiger charge is 2.09. The summed E-state index contributed by atoms with van der Waals surface area (Å²) in [6.07, 6.45) is 5.51. The van der Waals surface area contributed by atoms with Crippen LogP contribution >= 0.6 is 12.4 Å². The van der Waals surface area contributed by atoms with Crippen LogP contribution in [0.5, 0.6) is 0 Å². The van der Waals surface area contributed by atoms with Gasteiger partial charge in [0.05, 0.1) is 7.11 Å². The molecule has 5 nitrogen and oxygen atoms in total. The largest absolute Gasteiger partial charge is 0.469 e. The van der Waals surface area contributed by atoms with Crippen molar-refractivity contribution in [1.29, 1.82) is 0 Å². The first-order chi connectivity index (χ1) is 10.1. The number of ether oxygens (including phenoxy) is 1. The molecule has 0 heterocycles. The van der Waals surface area contributed by atoms with Crippen molar-refractivity contribution in [2.24, 2.45) is 0 Å². The molecule has 22 heavy (non-hydrogen) atoms. The normalized spacial score (nSPS) is 10.1. The van der Waals surface area contributed by atoms with E-state index in [1.807, 2.05) is 19.1 Å². The van der Waals surface area contributed by atoms with Gasteiger partial charge in [0.15, 0.2) is 0 Å². The molecule has 0 saturated heterocycles. The maximum atomic E-state index is 12.1. The molecule has 1 aromatic carbocycles. The molecule has 0 aliphatic rings. The molecular formula is C16H23ClN2O3. The number of anilines is 1. The van der Waals surface area contributed by atoms with Gasteiger partial charge < -0.3 is 15.8 Å². The Bertz CT molecular complexity index is 530. The molecule has 0 aliphatic heterocycles. The second-order valence-corrected chi connectivity index (χ2v) is 4.64. The Morgan fingerprint density at radius 1 is 1.32 bits per heavy atom. The van der Waals surface area contributed by atoms with Crippen LogP contribution < -0.4 is 11.1 Å². The number of carbonyl (C=O) groups excluding carboxylic acids is 2. The number of benzene rings is 1. The van der Waals surface area contributed by atoms with E-state index in [0.29, 0.717) is 30.6 Å². The number of methoxy groups -OCH3 is 1.